The van der Waals surface area contributed by atoms with Gasteiger partial charge in [0.05, 0.1) is 17.1 Å². The zero-order chi connectivity index (χ0) is 15.6. The van der Waals surface area contributed by atoms with Crippen LogP contribution in [0.5, 0.6) is 0 Å². The predicted molar refractivity (Wildman–Crippen MR) is 78.5 cm³/mol. The molecule has 0 aliphatic rings. The molecule has 0 spiro atoms. The quantitative estimate of drug-likeness (QED) is 0.855. The molecule has 0 aromatic heterocycles. The third kappa shape index (κ3) is 3.28. The van der Waals surface area contributed by atoms with E-state index in [-0.39, 0.29) is 11.6 Å². The van der Waals surface area contributed by atoms with Gasteiger partial charge >= 0.3 is 0 Å². The highest BCUT2D eigenvalue weighted by Crippen LogP contribution is 2.26. The fourth-order valence-electron chi connectivity index (χ4n) is 1.79. The highest BCUT2D eigenvalue weighted by molar-refractivity contribution is 5.96. The first-order valence-electron chi connectivity index (χ1n) is 6.21. The van der Waals surface area contributed by atoms with E-state index in [9.17, 15) is 13.6 Å². The van der Waals surface area contributed by atoms with Crippen molar-refractivity contribution in [3.63, 3.8) is 0 Å². The Balaban J connectivity index is 2.35. The summed E-state index contributed by atoms with van der Waals surface area (Å²) in [6.07, 6.45) is 0. The highest BCUT2D eigenvalue weighted by Gasteiger charge is 2.12. The Morgan fingerprint density at radius 1 is 1.10 bits per heavy atom. The number of carbonyl (C=O) groups is 1. The lowest BCUT2D eigenvalue weighted by Gasteiger charge is -2.14. The second-order valence-corrected chi connectivity index (χ2v) is 4.75. The Bertz CT molecular complexity index is 687. The molecule has 0 aliphatic heterocycles. The van der Waals surface area contributed by atoms with Gasteiger partial charge < -0.3 is 16.0 Å². The van der Waals surface area contributed by atoms with Crippen molar-refractivity contribution in [1.29, 1.82) is 0 Å². The number of carbonyl (C=O) groups excluding carboxylic acids is 1. The number of nitrogens with two attached hydrogens (primary N) is 1. The average Bonchev–Trinajstić information content (AvgIpc) is 2.43. The van der Waals surface area contributed by atoms with E-state index in [1.807, 2.05) is 0 Å². The molecule has 4 nitrogen and oxygen atoms in total. The number of benzene rings is 2. The van der Waals surface area contributed by atoms with Gasteiger partial charge in [-0.25, -0.2) is 8.78 Å². The van der Waals surface area contributed by atoms with Crippen LogP contribution < -0.4 is 11.1 Å². The van der Waals surface area contributed by atoms with Crippen LogP contribution in [0.4, 0.5) is 25.8 Å². The molecule has 0 radical (unpaired) electrons. The molecule has 0 heterocycles. The van der Waals surface area contributed by atoms with Crippen molar-refractivity contribution in [2.45, 2.75) is 0 Å². The molecule has 0 atom stereocenters. The summed E-state index contributed by atoms with van der Waals surface area (Å²) in [4.78, 5) is 13.3. The number of halogens is 2. The summed E-state index contributed by atoms with van der Waals surface area (Å²) >= 11 is 0. The van der Waals surface area contributed by atoms with E-state index >= 15 is 0 Å². The Kier molecular flexibility index (Phi) is 4.07. The lowest BCUT2D eigenvalue weighted by molar-refractivity contribution is 0.0827. The smallest absolute Gasteiger partial charge is 0.253 e. The maximum absolute atomic E-state index is 13.6. The van der Waals surface area contributed by atoms with Crippen molar-refractivity contribution in [2.24, 2.45) is 0 Å². The largest absolute Gasteiger partial charge is 0.397 e. The zero-order valence-electron chi connectivity index (χ0n) is 11.7. The second-order valence-electron chi connectivity index (χ2n) is 4.75. The molecule has 21 heavy (non-hydrogen) atoms. The summed E-state index contributed by atoms with van der Waals surface area (Å²) in [7, 11) is 3.26. The van der Waals surface area contributed by atoms with Crippen LogP contribution >= 0.6 is 0 Å². The number of hydrogen-bond donors (Lipinski definition) is 2. The Labute approximate surface area is 121 Å². The van der Waals surface area contributed by atoms with Gasteiger partial charge in [0, 0.05) is 25.7 Å². The summed E-state index contributed by atoms with van der Waals surface area (Å²) < 4.78 is 26.5. The summed E-state index contributed by atoms with van der Waals surface area (Å²) in [5, 5.41) is 2.76. The number of nitrogens with zero attached hydrogens (tertiary/aromatic N) is 1. The molecule has 0 unspecified atom stereocenters. The number of nitrogens with one attached hydrogen (secondary N) is 1. The van der Waals surface area contributed by atoms with E-state index in [1.165, 1.54) is 17.0 Å². The second kappa shape index (κ2) is 5.78. The van der Waals surface area contributed by atoms with Gasteiger partial charge in [-0.1, -0.05) is 0 Å². The van der Waals surface area contributed by atoms with Crippen LogP contribution in [-0.4, -0.2) is 24.9 Å². The highest BCUT2D eigenvalue weighted by atomic mass is 19.1. The first-order valence-corrected chi connectivity index (χ1v) is 6.21. The maximum atomic E-state index is 13.6. The molecule has 0 saturated carbocycles. The molecule has 0 fully saturated rings. The van der Waals surface area contributed by atoms with E-state index < -0.39 is 11.6 Å². The summed E-state index contributed by atoms with van der Waals surface area (Å²) in [5.41, 5.74) is 7.04. The molecular weight excluding hydrogens is 276 g/mol. The summed E-state index contributed by atoms with van der Waals surface area (Å²) in [6.45, 7) is 0. The number of anilines is 3. The van der Waals surface area contributed by atoms with E-state index in [1.54, 1.807) is 26.2 Å². The molecule has 2 aromatic carbocycles. The van der Waals surface area contributed by atoms with Crippen molar-refractivity contribution < 1.29 is 13.6 Å². The zero-order valence-corrected chi connectivity index (χ0v) is 11.7. The number of nitrogen functional groups attached to an aromatic ring is 1. The van der Waals surface area contributed by atoms with Gasteiger partial charge in [0.2, 0.25) is 0 Å². The minimum Gasteiger partial charge on any atom is -0.397 e. The van der Waals surface area contributed by atoms with Crippen LogP contribution in [0.2, 0.25) is 0 Å². The van der Waals surface area contributed by atoms with Crippen molar-refractivity contribution in [1.82, 2.24) is 4.90 Å². The molecule has 6 heteroatoms. The summed E-state index contributed by atoms with van der Waals surface area (Å²) in [6, 6.07) is 7.85. The molecule has 2 rings (SSSR count). The average molecular weight is 291 g/mol. The van der Waals surface area contributed by atoms with Gasteiger partial charge in [0.25, 0.3) is 5.91 Å². The predicted octanol–water partition coefficient (Wildman–Crippen LogP) is 2.99. The topological polar surface area (TPSA) is 58.4 Å². The lowest BCUT2D eigenvalue weighted by Crippen LogP contribution is -2.21. The Morgan fingerprint density at radius 2 is 1.81 bits per heavy atom. The first kappa shape index (κ1) is 14.8. The lowest BCUT2D eigenvalue weighted by atomic mass is 10.1. The van der Waals surface area contributed by atoms with Gasteiger partial charge in [-0.3, -0.25) is 4.79 Å². The minimum atomic E-state index is -0.737. The number of amides is 1. The van der Waals surface area contributed by atoms with E-state index in [0.717, 1.165) is 12.1 Å². The molecule has 2 aromatic rings. The maximum Gasteiger partial charge on any atom is 0.253 e. The van der Waals surface area contributed by atoms with Crippen molar-refractivity contribution in [3.8, 4) is 0 Å². The van der Waals surface area contributed by atoms with E-state index in [0.29, 0.717) is 16.9 Å². The minimum absolute atomic E-state index is 0.0811. The molecule has 3 N–H and O–H groups in total. The summed E-state index contributed by atoms with van der Waals surface area (Å²) in [5.74, 6) is -1.60. The van der Waals surface area contributed by atoms with Gasteiger partial charge in [-0.05, 0) is 30.3 Å². The van der Waals surface area contributed by atoms with Crippen molar-refractivity contribution >= 4 is 23.0 Å². The Morgan fingerprint density at radius 3 is 2.43 bits per heavy atom. The van der Waals surface area contributed by atoms with Gasteiger partial charge in [0.1, 0.15) is 11.6 Å². The van der Waals surface area contributed by atoms with E-state index in [4.69, 9.17) is 5.73 Å². The first-order chi connectivity index (χ1) is 9.88. The molecule has 0 saturated heterocycles. The van der Waals surface area contributed by atoms with Gasteiger partial charge in [-0.15, -0.1) is 0 Å². The van der Waals surface area contributed by atoms with Gasteiger partial charge in [-0.2, -0.15) is 0 Å². The van der Waals surface area contributed by atoms with Crippen LogP contribution in [0.15, 0.2) is 36.4 Å². The molecule has 110 valence electrons. The van der Waals surface area contributed by atoms with Crippen molar-refractivity contribution in [3.05, 3.63) is 53.6 Å². The van der Waals surface area contributed by atoms with Crippen LogP contribution in [0.3, 0.4) is 0 Å². The molecular formula is C15H15F2N3O. The van der Waals surface area contributed by atoms with Crippen LogP contribution in [-0.2, 0) is 0 Å². The van der Waals surface area contributed by atoms with Crippen molar-refractivity contribution in [2.75, 3.05) is 25.1 Å². The molecule has 1 amide bonds. The fraction of sp³-hybridized carbons (Fsp3) is 0.133. The SMILES string of the molecule is CN(C)C(=O)c1ccc(N)c(Nc2ccc(F)cc2F)c1. The van der Waals surface area contributed by atoms with Crippen LogP contribution in [0, 0.1) is 11.6 Å². The number of rotatable bonds is 3. The fourth-order valence-corrected chi connectivity index (χ4v) is 1.79. The molecule has 0 aliphatic carbocycles. The third-order valence-electron chi connectivity index (χ3n) is 2.91. The van der Waals surface area contributed by atoms with Gasteiger partial charge in [0.15, 0.2) is 0 Å². The van der Waals surface area contributed by atoms with Crippen LogP contribution in [0.1, 0.15) is 10.4 Å². The molecule has 0 bridgehead atoms. The Hall–Kier alpha value is -2.63. The third-order valence-corrected chi connectivity index (χ3v) is 2.91. The normalized spacial score (nSPS) is 10.3. The number of hydrogen-bond acceptors (Lipinski definition) is 3. The van der Waals surface area contributed by atoms with E-state index in [2.05, 4.69) is 5.32 Å². The monoisotopic (exact) mass is 291 g/mol. The standard InChI is InChI=1S/C15H15F2N3O/c1-20(2)15(21)9-3-5-12(18)14(7-9)19-13-6-4-10(16)8-11(13)17/h3-8,19H,18H2,1-2H3. The van der Waals surface area contributed by atoms with Crippen LogP contribution in [0.25, 0.3) is 0 Å².